The Bertz CT molecular complexity index is 675. The number of carbonyl (C=O) groups is 2. The molecule has 0 heterocycles. The molecule has 0 unspecified atom stereocenters. The summed E-state index contributed by atoms with van der Waals surface area (Å²) in [6.07, 6.45) is 0.769. The third-order valence-electron chi connectivity index (χ3n) is 3.67. The lowest BCUT2D eigenvalue weighted by atomic mass is 10.0. The molecule has 3 rings (SSSR count). The minimum atomic E-state index is -0.624. The Morgan fingerprint density at radius 2 is 1.90 bits per heavy atom. The lowest BCUT2D eigenvalue weighted by Crippen LogP contribution is -2.21. The maximum atomic E-state index is 11.8. The van der Waals surface area contributed by atoms with E-state index in [1.165, 1.54) is 16.3 Å². The van der Waals surface area contributed by atoms with Crippen molar-refractivity contribution < 1.29 is 14.3 Å². The number of benzene rings is 2. The molecular formula is C16H15NO3. The molecule has 0 saturated heterocycles. The van der Waals surface area contributed by atoms with Gasteiger partial charge in [-0.1, -0.05) is 42.5 Å². The topological polar surface area (TPSA) is 69.4 Å². The van der Waals surface area contributed by atoms with Gasteiger partial charge in [-0.05, 0) is 28.7 Å². The third-order valence-corrected chi connectivity index (χ3v) is 3.67. The van der Waals surface area contributed by atoms with Crippen molar-refractivity contribution in [2.75, 3.05) is 6.61 Å². The molecule has 1 amide bonds. The van der Waals surface area contributed by atoms with Crippen LogP contribution in [0.15, 0.2) is 42.5 Å². The summed E-state index contributed by atoms with van der Waals surface area (Å²) in [6, 6.07) is 14.2. The molecule has 20 heavy (non-hydrogen) atoms. The van der Waals surface area contributed by atoms with E-state index in [4.69, 9.17) is 10.5 Å². The Labute approximate surface area is 116 Å². The van der Waals surface area contributed by atoms with Gasteiger partial charge in [0, 0.05) is 0 Å². The SMILES string of the molecule is NC(=O)COC(=O)[C@H]1C[C@@H]1c1cccc2ccccc12. The van der Waals surface area contributed by atoms with Gasteiger partial charge in [-0.3, -0.25) is 9.59 Å². The van der Waals surface area contributed by atoms with Crippen LogP contribution >= 0.6 is 0 Å². The predicted molar refractivity (Wildman–Crippen MR) is 74.9 cm³/mol. The first kappa shape index (κ1) is 12.7. The van der Waals surface area contributed by atoms with Gasteiger partial charge in [0.15, 0.2) is 6.61 Å². The van der Waals surface area contributed by atoms with Gasteiger partial charge in [-0.15, -0.1) is 0 Å². The number of nitrogens with two attached hydrogens (primary N) is 1. The quantitative estimate of drug-likeness (QED) is 0.863. The molecule has 2 aromatic carbocycles. The lowest BCUT2D eigenvalue weighted by Gasteiger charge is -2.06. The Morgan fingerprint density at radius 1 is 1.15 bits per heavy atom. The van der Waals surface area contributed by atoms with Crippen LogP contribution in [0.4, 0.5) is 0 Å². The Hall–Kier alpha value is -2.36. The number of fused-ring (bicyclic) bond motifs is 1. The molecular weight excluding hydrogens is 254 g/mol. The van der Waals surface area contributed by atoms with Gasteiger partial charge in [0.1, 0.15) is 0 Å². The van der Waals surface area contributed by atoms with Gasteiger partial charge >= 0.3 is 5.97 Å². The maximum Gasteiger partial charge on any atom is 0.310 e. The maximum absolute atomic E-state index is 11.8. The Morgan fingerprint density at radius 3 is 2.70 bits per heavy atom. The molecule has 1 fully saturated rings. The zero-order valence-corrected chi connectivity index (χ0v) is 10.9. The molecule has 102 valence electrons. The smallest absolute Gasteiger partial charge is 0.310 e. The number of hydrogen-bond acceptors (Lipinski definition) is 3. The van der Waals surface area contributed by atoms with E-state index in [1.54, 1.807) is 0 Å². The van der Waals surface area contributed by atoms with Crippen LogP contribution in [0.5, 0.6) is 0 Å². The van der Waals surface area contributed by atoms with Crippen molar-refractivity contribution in [2.45, 2.75) is 12.3 Å². The summed E-state index contributed by atoms with van der Waals surface area (Å²) in [7, 11) is 0. The fraction of sp³-hybridized carbons (Fsp3) is 0.250. The number of carbonyl (C=O) groups excluding carboxylic acids is 2. The van der Waals surface area contributed by atoms with E-state index in [1.807, 2.05) is 24.3 Å². The first-order chi connectivity index (χ1) is 9.66. The number of primary amides is 1. The highest BCUT2D eigenvalue weighted by molar-refractivity contribution is 5.89. The Kier molecular flexibility index (Phi) is 3.14. The predicted octanol–water partition coefficient (Wildman–Crippen LogP) is 1.97. The lowest BCUT2D eigenvalue weighted by molar-refractivity contribution is -0.149. The van der Waals surface area contributed by atoms with Gasteiger partial charge < -0.3 is 10.5 Å². The van der Waals surface area contributed by atoms with E-state index in [2.05, 4.69) is 18.2 Å². The standard InChI is InChI=1S/C16H15NO3/c17-15(18)9-20-16(19)14-8-13(14)12-7-3-5-10-4-1-2-6-11(10)12/h1-7,13-14H,8-9H2,(H2,17,18)/t13-,14+/m1/s1. The zero-order valence-electron chi connectivity index (χ0n) is 10.9. The van der Waals surface area contributed by atoms with Crippen molar-refractivity contribution in [3.63, 3.8) is 0 Å². The van der Waals surface area contributed by atoms with Crippen LogP contribution in [0.2, 0.25) is 0 Å². The van der Waals surface area contributed by atoms with E-state index in [0.717, 1.165) is 6.42 Å². The zero-order chi connectivity index (χ0) is 14.1. The van der Waals surface area contributed by atoms with E-state index in [9.17, 15) is 9.59 Å². The average Bonchev–Trinajstić information content (AvgIpc) is 3.24. The van der Waals surface area contributed by atoms with Crippen LogP contribution in [0.25, 0.3) is 10.8 Å². The number of esters is 1. The monoisotopic (exact) mass is 269 g/mol. The molecule has 0 bridgehead atoms. The second kappa shape index (κ2) is 4.96. The molecule has 4 nitrogen and oxygen atoms in total. The van der Waals surface area contributed by atoms with Gasteiger partial charge in [0.2, 0.25) is 0 Å². The fourth-order valence-electron chi connectivity index (χ4n) is 2.62. The molecule has 1 aliphatic carbocycles. The molecule has 0 aromatic heterocycles. The van der Waals surface area contributed by atoms with Crippen molar-refractivity contribution in [3.05, 3.63) is 48.0 Å². The molecule has 0 spiro atoms. The molecule has 0 radical (unpaired) electrons. The van der Waals surface area contributed by atoms with Crippen molar-refractivity contribution in [1.82, 2.24) is 0 Å². The minimum Gasteiger partial charge on any atom is -0.455 e. The summed E-state index contributed by atoms with van der Waals surface area (Å²) >= 11 is 0. The second-order valence-corrected chi connectivity index (χ2v) is 5.09. The molecule has 2 aromatic rings. The fourth-order valence-corrected chi connectivity index (χ4v) is 2.62. The van der Waals surface area contributed by atoms with Crippen molar-refractivity contribution >= 4 is 22.6 Å². The van der Waals surface area contributed by atoms with Crippen LogP contribution in [-0.4, -0.2) is 18.5 Å². The average molecular weight is 269 g/mol. The van der Waals surface area contributed by atoms with E-state index in [0.29, 0.717) is 0 Å². The summed E-state index contributed by atoms with van der Waals surface area (Å²) in [5.41, 5.74) is 6.14. The van der Waals surface area contributed by atoms with Crippen LogP contribution in [0.1, 0.15) is 17.9 Å². The van der Waals surface area contributed by atoms with Crippen molar-refractivity contribution in [2.24, 2.45) is 11.7 Å². The normalized spacial score (nSPS) is 20.6. The van der Waals surface area contributed by atoms with Crippen molar-refractivity contribution in [3.8, 4) is 0 Å². The number of rotatable bonds is 4. The highest BCUT2D eigenvalue weighted by atomic mass is 16.5. The van der Waals surface area contributed by atoms with Crippen molar-refractivity contribution in [1.29, 1.82) is 0 Å². The van der Waals surface area contributed by atoms with Crippen LogP contribution < -0.4 is 5.73 Å². The van der Waals surface area contributed by atoms with Crippen LogP contribution in [0.3, 0.4) is 0 Å². The first-order valence-electron chi connectivity index (χ1n) is 6.59. The molecule has 1 saturated carbocycles. The summed E-state index contributed by atoms with van der Waals surface area (Å²) in [4.78, 5) is 22.4. The molecule has 0 aliphatic heterocycles. The second-order valence-electron chi connectivity index (χ2n) is 5.09. The minimum absolute atomic E-state index is 0.153. The largest absolute Gasteiger partial charge is 0.455 e. The molecule has 2 N–H and O–H groups in total. The van der Waals surface area contributed by atoms with Gasteiger partial charge in [0.25, 0.3) is 5.91 Å². The van der Waals surface area contributed by atoms with Gasteiger partial charge in [0.05, 0.1) is 5.92 Å². The number of ether oxygens (including phenoxy) is 1. The molecule has 2 atom stereocenters. The summed E-state index contributed by atoms with van der Waals surface area (Å²) < 4.78 is 4.88. The van der Waals surface area contributed by atoms with E-state index < -0.39 is 5.91 Å². The van der Waals surface area contributed by atoms with Gasteiger partial charge in [-0.25, -0.2) is 0 Å². The first-order valence-corrected chi connectivity index (χ1v) is 6.59. The summed E-state index contributed by atoms with van der Waals surface area (Å²) in [6.45, 7) is -0.336. The van der Waals surface area contributed by atoms with Gasteiger partial charge in [-0.2, -0.15) is 0 Å². The highest BCUT2D eigenvalue weighted by Crippen LogP contribution is 2.50. The summed E-state index contributed by atoms with van der Waals surface area (Å²) in [5, 5.41) is 2.34. The van der Waals surface area contributed by atoms with E-state index >= 15 is 0 Å². The van der Waals surface area contributed by atoms with E-state index in [-0.39, 0.29) is 24.4 Å². The third kappa shape index (κ3) is 2.37. The number of hydrogen-bond donors (Lipinski definition) is 1. The van der Waals surface area contributed by atoms with Crippen LogP contribution in [0, 0.1) is 5.92 Å². The number of amides is 1. The molecule has 4 heteroatoms. The Balaban J connectivity index is 1.78. The summed E-state index contributed by atoms with van der Waals surface area (Å²) in [5.74, 6) is -0.927. The van der Waals surface area contributed by atoms with Crippen LogP contribution in [-0.2, 0) is 14.3 Å². The molecule has 1 aliphatic rings. The highest BCUT2D eigenvalue weighted by Gasteiger charge is 2.45.